The summed E-state index contributed by atoms with van der Waals surface area (Å²) in [4.78, 5) is 12.3. The van der Waals surface area contributed by atoms with Gasteiger partial charge in [-0.25, -0.2) is 4.79 Å². The summed E-state index contributed by atoms with van der Waals surface area (Å²) >= 11 is 4.93. The number of amides is 1. The molecule has 1 saturated heterocycles. The fraction of sp³-hybridized carbons (Fsp3) is 0.333. The Hall–Kier alpha value is -2.88. The highest BCUT2D eigenvalue weighted by atomic mass is 32.1. The molecule has 2 aromatic rings. The Balaban J connectivity index is 1.75. The predicted molar refractivity (Wildman–Crippen MR) is 136 cm³/mol. The predicted octanol–water partition coefficient (Wildman–Crippen LogP) is 4.28. The first kappa shape index (κ1) is 24.8. The van der Waals surface area contributed by atoms with Crippen molar-refractivity contribution >= 4 is 42.3 Å². The molecule has 1 amide bonds. The molecule has 9 heteroatoms. The maximum Gasteiger partial charge on any atom is 0.492 e. The summed E-state index contributed by atoms with van der Waals surface area (Å²) in [6.45, 7) is 8.32. The summed E-state index contributed by atoms with van der Waals surface area (Å²) in [5.74, 6) is 0. The number of hydrogen-bond donors (Lipinski definition) is 3. The number of hydrogen-bond acceptors (Lipinski definition) is 5. The van der Waals surface area contributed by atoms with E-state index in [0.717, 1.165) is 22.3 Å². The Labute approximate surface area is 200 Å². The summed E-state index contributed by atoms with van der Waals surface area (Å²) in [7, 11) is -0.628. The van der Waals surface area contributed by atoms with Crippen LogP contribution in [-0.4, -0.2) is 36.1 Å². The Morgan fingerprint density at radius 2 is 1.76 bits per heavy atom. The standard InChI is InChI=1S/C24H30BN3O4S/c1-23(2)24(3,4)32-25(31-23)19(13-18-11-8-12-20(14-18)28-21(26)33)15-27-22(29)30-16-17-9-6-5-7-10-17/h5-14H,15-16H2,1-4H3,(H,27,29)(H3,26,28,33). The summed E-state index contributed by atoms with van der Waals surface area (Å²) in [5, 5.41) is 5.92. The minimum absolute atomic E-state index is 0.185. The molecule has 0 aromatic heterocycles. The van der Waals surface area contributed by atoms with E-state index in [1.54, 1.807) is 0 Å². The van der Waals surface area contributed by atoms with Crippen LogP contribution in [0.1, 0.15) is 38.8 Å². The van der Waals surface area contributed by atoms with Crippen LogP contribution in [0.2, 0.25) is 0 Å². The molecule has 0 atom stereocenters. The second-order valence-electron chi connectivity index (χ2n) is 8.84. The molecule has 0 saturated carbocycles. The van der Waals surface area contributed by atoms with Crippen LogP contribution >= 0.6 is 12.2 Å². The van der Waals surface area contributed by atoms with Gasteiger partial charge in [-0.3, -0.25) is 0 Å². The van der Waals surface area contributed by atoms with Crippen molar-refractivity contribution in [1.82, 2.24) is 5.32 Å². The van der Waals surface area contributed by atoms with Gasteiger partial charge in [0.25, 0.3) is 0 Å². The van der Waals surface area contributed by atoms with Crippen LogP contribution in [0.15, 0.2) is 60.1 Å². The summed E-state index contributed by atoms with van der Waals surface area (Å²) in [6.07, 6.45) is 1.40. The Kier molecular flexibility index (Phi) is 7.78. The van der Waals surface area contributed by atoms with Crippen LogP contribution in [0.3, 0.4) is 0 Å². The lowest BCUT2D eigenvalue weighted by atomic mass is 9.77. The average Bonchev–Trinajstić information content (AvgIpc) is 2.97. The van der Waals surface area contributed by atoms with E-state index in [1.165, 1.54) is 0 Å². The van der Waals surface area contributed by atoms with Crippen LogP contribution in [0.25, 0.3) is 6.08 Å². The van der Waals surface area contributed by atoms with Crippen LogP contribution in [-0.2, 0) is 20.7 Å². The first-order chi connectivity index (χ1) is 15.6. The number of ether oxygens (including phenoxy) is 1. The number of benzene rings is 2. The molecule has 0 spiro atoms. The first-order valence-electron chi connectivity index (χ1n) is 10.7. The van der Waals surface area contributed by atoms with Gasteiger partial charge in [0, 0.05) is 12.2 Å². The molecule has 0 aliphatic carbocycles. The molecular weight excluding hydrogens is 437 g/mol. The maximum atomic E-state index is 12.3. The van der Waals surface area contributed by atoms with Crippen molar-refractivity contribution in [2.24, 2.45) is 5.73 Å². The van der Waals surface area contributed by atoms with Gasteiger partial charge in [0.1, 0.15) is 6.61 Å². The molecule has 1 fully saturated rings. The Morgan fingerprint density at radius 1 is 1.09 bits per heavy atom. The zero-order chi connectivity index (χ0) is 24.1. The van der Waals surface area contributed by atoms with E-state index in [0.29, 0.717) is 0 Å². The molecule has 0 unspecified atom stereocenters. The van der Waals surface area contributed by atoms with E-state index in [1.807, 2.05) is 88.4 Å². The van der Waals surface area contributed by atoms with Crippen molar-refractivity contribution in [3.05, 3.63) is 71.2 Å². The molecule has 174 valence electrons. The minimum Gasteiger partial charge on any atom is -0.445 e. The second-order valence-corrected chi connectivity index (χ2v) is 9.28. The van der Waals surface area contributed by atoms with Gasteiger partial charge < -0.3 is 30.4 Å². The van der Waals surface area contributed by atoms with Gasteiger partial charge in [0.2, 0.25) is 0 Å². The average molecular weight is 467 g/mol. The number of nitrogens with two attached hydrogens (primary N) is 1. The molecule has 4 N–H and O–H groups in total. The van der Waals surface area contributed by atoms with E-state index >= 15 is 0 Å². The van der Waals surface area contributed by atoms with Crippen molar-refractivity contribution in [1.29, 1.82) is 0 Å². The number of thiocarbonyl (C=S) groups is 1. The number of alkyl carbamates (subject to hydrolysis) is 1. The van der Waals surface area contributed by atoms with Crippen molar-refractivity contribution < 1.29 is 18.8 Å². The number of nitrogens with one attached hydrogen (secondary N) is 2. The van der Waals surface area contributed by atoms with Crippen LogP contribution in [0.4, 0.5) is 10.5 Å². The second kappa shape index (κ2) is 10.4. The zero-order valence-electron chi connectivity index (χ0n) is 19.4. The molecule has 0 radical (unpaired) electrons. The molecule has 3 rings (SSSR count). The van der Waals surface area contributed by atoms with E-state index in [-0.39, 0.29) is 18.3 Å². The Bertz CT molecular complexity index is 1010. The smallest absolute Gasteiger partial charge is 0.445 e. The Morgan fingerprint density at radius 3 is 2.39 bits per heavy atom. The fourth-order valence-electron chi connectivity index (χ4n) is 3.21. The minimum atomic E-state index is -0.628. The lowest BCUT2D eigenvalue weighted by Crippen LogP contribution is -2.41. The third-order valence-electron chi connectivity index (χ3n) is 5.71. The molecule has 33 heavy (non-hydrogen) atoms. The number of carbonyl (C=O) groups excluding carboxylic acids is 1. The first-order valence-corrected chi connectivity index (χ1v) is 11.1. The topological polar surface area (TPSA) is 94.8 Å². The SMILES string of the molecule is CC1(C)OB(C(=Cc2cccc(NC(N)=S)c2)CNC(=O)OCc2ccccc2)OC1(C)C. The highest BCUT2D eigenvalue weighted by Crippen LogP contribution is 2.38. The van der Waals surface area contributed by atoms with Gasteiger partial charge in [-0.05, 0) is 68.6 Å². The van der Waals surface area contributed by atoms with Gasteiger partial charge in [-0.15, -0.1) is 0 Å². The molecule has 0 bridgehead atoms. The zero-order valence-corrected chi connectivity index (χ0v) is 20.2. The fourth-order valence-corrected chi connectivity index (χ4v) is 3.33. The number of anilines is 1. The van der Waals surface area contributed by atoms with Gasteiger partial charge in [0.15, 0.2) is 5.11 Å². The van der Waals surface area contributed by atoms with Gasteiger partial charge >= 0.3 is 13.2 Å². The van der Waals surface area contributed by atoms with E-state index < -0.39 is 24.4 Å². The molecule has 1 heterocycles. The molecule has 1 aliphatic heterocycles. The van der Waals surface area contributed by atoms with E-state index in [2.05, 4.69) is 10.6 Å². The van der Waals surface area contributed by atoms with E-state index in [4.69, 9.17) is 32.0 Å². The van der Waals surface area contributed by atoms with Gasteiger partial charge in [0.05, 0.1) is 11.2 Å². The van der Waals surface area contributed by atoms with Crippen molar-refractivity contribution in [3.63, 3.8) is 0 Å². The largest absolute Gasteiger partial charge is 0.492 e. The molecule has 7 nitrogen and oxygen atoms in total. The van der Waals surface area contributed by atoms with E-state index in [9.17, 15) is 4.79 Å². The van der Waals surface area contributed by atoms with Crippen molar-refractivity contribution in [2.45, 2.75) is 45.5 Å². The molecular formula is C24H30BN3O4S. The third kappa shape index (κ3) is 6.80. The van der Waals surface area contributed by atoms with Crippen molar-refractivity contribution in [3.8, 4) is 0 Å². The maximum absolute atomic E-state index is 12.3. The highest BCUT2D eigenvalue weighted by molar-refractivity contribution is 7.80. The lowest BCUT2D eigenvalue weighted by molar-refractivity contribution is 0.00578. The summed E-state index contributed by atoms with van der Waals surface area (Å²) in [5.41, 5.74) is 7.86. The molecule has 1 aliphatic rings. The summed E-state index contributed by atoms with van der Waals surface area (Å²) in [6, 6.07) is 17.1. The lowest BCUT2D eigenvalue weighted by Gasteiger charge is -2.32. The normalized spacial score (nSPS) is 16.8. The van der Waals surface area contributed by atoms with Gasteiger partial charge in [-0.1, -0.05) is 48.5 Å². The van der Waals surface area contributed by atoms with Crippen LogP contribution in [0.5, 0.6) is 0 Å². The number of rotatable bonds is 7. The quantitative estimate of drug-likeness (QED) is 0.413. The van der Waals surface area contributed by atoms with Gasteiger partial charge in [-0.2, -0.15) is 0 Å². The van der Waals surface area contributed by atoms with Crippen LogP contribution in [0, 0.1) is 0 Å². The molecule has 2 aromatic carbocycles. The van der Waals surface area contributed by atoms with Crippen molar-refractivity contribution in [2.75, 3.05) is 11.9 Å². The monoisotopic (exact) mass is 467 g/mol. The number of carbonyl (C=O) groups is 1. The summed E-state index contributed by atoms with van der Waals surface area (Å²) < 4.78 is 17.8. The van der Waals surface area contributed by atoms with Crippen LogP contribution < -0.4 is 16.4 Å². The highest BCUT2D eigenvalue weighted by Gasteiger charge is 2.52. The third-order valence-corrected chi connectivity index (χ3v) is 5.81.